The van der Waals surface area contributed by atoms with Gasteiger partial charge in [0.1, 0.15) is 0 Å². The monoisotopic (exact) mass is 191 g/mol. The fraction of sp³-hybridized carbons (Fsp3) is 0.417. The molecule has 0 saturated heterocycles. The topological polar surface area (TPSA) is 29.1 Å². The first kappa shape index (κ1) is 10.8. The fourth-order valence-corrected chi connectivity index (χ4v) is 1.10. The Bertz CT molecular complexity index is 301. The molecule has 1 aromatic rings. The lowest BCUT2D eigenvalue weighted by atomic mass is 10.1. The molecule has 0 aromatic heterocycles. The maximum absolute atomic E-state index is 11.5. The lowest BCUT2D eigenvalue weighted by Gasteiger charge is -2.07. The number of nitrogens with one attached hydrogen (secondary N) is 1. The van der Waals surface area contributed by atoms with E-state index in [0.29, 0.717) is 5.92 Å². The minimum Gasteiger partial charge on any atom is -0.352 e. The number of carbonyl (C=O) groups excluding carboxylic acids is 1. The summed E-state index contributed by atoms with van der Waals surface area (Å²) in [4.78, 5) is 11.5. The van der Waals surface area contributed by atoms with E-state index < -0.39 is 0 Å². The van der Waals surface area contributed by atoms with Crippen LogP contribution in [0.5, 0.6) is 0 Å². The fourth-order valence-electron chi connectivity index (χ4n) is 1.10. The second-order valence-electron chi connectivity index (χ2n) is 3.97. The van der Waals surface area contributed by atoms with Gasteiger partial charge in [0.05, 0.1) is 0 Å². The zero-order valence-electron chi connectivity index (χ0n) is 9.00. The third-order valence-corrected chi connectivity index (χ3v) is 1.98. The Hall–Kier alpha value is -1.31. The van der Waals surface area contributed by atoms with Gasteiger partial charge in [-0.05, 0) is 25.0 Å². The largest absolute Gasteiger partial charge is 0.352 e. The molecular weight excluding hydrogens is 174 g/mol. The van der Waals surface area contributed by atoms with E-state index in [1.165, 1.54) is 5.56 Å². The summed E-state index contributed by atoms with van der Waals surface area (Å²) in [6.07, 6.45) is 0. The van der Waals surface area contributed by atoms with E-state index in [4.69, 9.17) is 0 Å². The summed E-state index contributed by atoms with van der Waals surface area (Å²) in [5, 5.41) is 2.88. The van der Waals surface area contributed by atoms with E-state index >= 15 is 0 Å². The highest BCUT2D eigenvalue weighted by molar-refractivity contribution is 5.94. The van der Waals surface area contributed by atoms with Gasteiger partial charge < -0.3 is 5.32 Å². The molecule has 2 heteroatoms. The van der Waals surface area contributed by atoms with Crippen LogP contribution < -0.4 is 5.32 Å². The summed E-state index contributed by atoms with van der Waals surface area (Å²) in [7, 11) is 0. The Labute approximate surface area is 85.3 Å². The molecule has 1 rings (SSSR count). The van der Waals surface area contributed by atoms with Crippen LogP contribution in [0.1, 0.15) is 29.8 Å². The van der Waals surface area contributed by atoms with Crippen molar-refractivity contribution in [3.8, 4) is 0 Å². The summed E-state index contributed by atoms with van der Waals surface area (Å²) in [5.74, 6) is 0.503. The maximum atomic E-state index is 11.5. The zero-order valence-corrected chi connectivity index (χ0v) is 9.00. The second kappa shape index (κ2) is 4.80. The molecule has 0 aliphatic rings. The molecular formula is C12H17NO. The van der Waals surface area contributed by atoms with Gasteiger partial charge in [-0.3, -0.25) is 4.79 Å². The van der Waals surface area contributed by atoms with Gasteiger partial charge in [-0.15, -0.1) is 0 Å². The molecule has 1 aromatic carbocycles. The molecule has 2 nitrogen and oxygen atoms in total. The van der Waals surface area contributed by atoms with Crippen LogP contribution in [-0.4, -0.2) is 12.5 Å². The van der Waals surface area contributed by atoms with Crippen molar-refractivity contribution in [2.45, 2.75) is 20.8 Å². The molecule has 0 aliphatic heterocycles. The molecule has 0 radical (unpaired) electrons. The maximum Gasteiger partial charge on any atom is 0.251 e. The molecule has 14 heavy (non-hydrogen) atoms. The summed E-state index contributed by atoms with van der Waals surface area (Å²) in [5.41, 5.74) is 1.90. The number of amides is 1. The second-order valence-corrected chi connectivity index (χ2v) is 3.97. The molecule has 0 spiro atoms. The molecule has 76 valence electrons. The van der Waals surface area contributed by atoms with Gasteiger partial charge in [-0.2, -0.15) is 0 Å². The van der Waals surface area contributed by atoms with Crippen molar-refractivity contribution in [1.29, 1.82) is 0 Å². The highest BCUT2D eigenvalue weighted by Crippen LogP contribution is 2.02. The van der Waals surface area contributed by atoms with E-state index in [1.54, 1.807) is 0 Å². The Morgan fingerprint density at radius 1 is 1.29 bits per heavy atom. The van der Waals surface area contributed by atoms with Crippen LogP contribution >= 0.6 is 0 Å². The molecule has 0 aliphatic carbocycles. The molecule has 0 bridgehead atoms. The Morgan fingerprint density at radius 2 is 1.86 bits per heavy atom. The van der Waals surface area contributed by atoms with Crippen molar-refractivity contribution in [3.05, 3.63) is 35.4 Å². The molecule has 0 unspecified atom stereocenters. The normalized spacial score (nSPS) is 10.3. The molecule has 0 atom stereocenters. The van der Waals surface area contributed by atoms with Gasteiger partial charge >= 0.3 is 0 Å². The van der Waals surface area contributed by atoms with E-state index in [9.17, 15) is 4.79 Å². The van der Waals surface area contributed by atoms with Crippen molar-refractivity contribution in [2.24, 2.45) is 5.92 Å². The number of hydrogen-bond donors (Lipinski definition) is 1. The molecule has 0 fully saturated rings. The lowest BCUT2D eigenvalue weighted by molar-refractivity contribution is 0.0949. The van der Waals surface area contributed by atoms with Crippen LogP contribution in [0, 0.1) is 12.8 Å². The predicted octanol–water partition coefficient (Wildman–Crippen LogP) is 2.38. The van der Waals surface area contributed by atoms with E-state index in [2.05, 4.69) is 19.2 Å². The van der Waals surface area contributed by atoms with E-state index in [-0.39, 0.29) is 5.91 Å². The predicted molar refractivity (Wildman–Crippen MR) is 58.4 cm³/mol. The summed E-state index contributed by atoms with van der Waals surface area (Å²) in [6.45, 7) is 6.90. The molecule has 1 amide bonds. The smallest absolute Gasteiger partial charge is 0.251 e. The number of benzene rings is 1. The van der Waals surface area contributed by atoms with Crippen molar-refractivity contribution in [1.82, 2.24) is 5.32 Å². The van der Waals surface area contributed by atoms with Gasteiger partial charge in [-0.1, -0.05) is 31.5 Å². The highest BCUT2D eigenvalue weighted by Gasteiger charge is 2.04. The van der Waals surface area contributed by atoms with Crippen molar-refractivity contribution in [3.63, 3.8) is 0 Å². The van der Waals surface area contributed by atoms with Crippen LogP contribution in [0.25, 0.3) is 0 Å². The summed E-state index contributed by atoms with van der Waals surface area (Å²) in [6, 6.07) is 7.60. The average molecular weight is 191 g/mol. The highest BCUT2D eigenvalue weighted by atomic mass is 16.1. The van der Waals surface area contributed by atoms with Crippen molar-refractivity contribution >= 4 is 5.91 Å². The minimum absolute atomic E-state index is 0.0127. The van der Waals surface area contributed by atoms with Gasteiger partial charge in [0.15, 0.2) is 0 Å². The Morgan fingerprint density at radius 3 is 2.36 bits per heavy atom. The Kier molecular flexibility index (Phi) is 3.69. The lowest BCUT2D eigenvalue weighted by Crippen LogP contribution is -2.27. The molecule has 0 saturated carbocycles. The quantitative estimate of drug-likeness (QED) is 0.780. The number of carbonyl (C=O) groups is 1. The van der Waals surface area contributed by atoms with Gasteiger partial charge in [-0.25, -0.2) is 0 Å². The number of hydrogen-bond acceptors (Lipinski definition) is 1. The third kappa shape index (κ3) is 3.21. The van der Waals surface area contributed by atoms with Crippen LogP contribution in [0.4, 0.5) is 0 Å². The number of rotatable bonds is 3. The van der Waals surface area contributed by atoms with E-state index in [1.807, 2.05) is 31.2 Å². The van der Waals surface area contributed by atoms with Crippen molar-refractivity contribution in [2.75, 3.05) is 6.54 Å². The minimum atomic E-state index is 0.0127. The molecule has 1 N–H and O–H groups in total. The first-order valence-electron chi connectivity index (χ1n) is 4.94. The van der Waals surface area contributed by atoms with Gasteiger partial charge in [0.2, 0.25) is 0 Å². The summed E-state index contributed by atoms with van der Waals surface area (Å²) >= 11 is 0. The zero-order chi connectivity index (χ0) is 10.6. The SMILES string of the molecule is Cc1ccc(C(=O)NCC(C)C)cc1. The Balaban J connectivity index is 2.57. The number of aryl methyl sites for hydroxylation is 1. The van der Waals surface area contributed by atoms with Crippen LogP contribution in [0.3, 0.4) is 0 Å². The van der Waals surface area contributed by atoms with Crippen molar-refractivity contribution < 1.29 is 4.79 Å². The summed E-state index contributed by atoms with van der Waals surface area (Å²) < 4.78 is 0. The van der Waals surface area contributed by atoms with Crippen LogP contribution in [-0.2, 0) is 0 Å². The third-order valence-electron chi connectivity index (χ3n) is 1.98. The molecule has 0 heterocycles. The average Bonchev–Trinajstić information content (AvgIpc) is 2.15. The first-order chi connectivity index (χ1) is 6.59. The van der Waals surface area contributed by atoms with E-state index in [0.717, 1.165) is 12.1 Å². The van der Waals surface area contributed by atoms with Gasteiger partial charge in [0.25, 0.3) is 5.91 Å². The van der Waals surface area contributed by atoms with Crippen LogP contribution in [0.15, 0.2) is 24.3 Å². The first-order valence-corrected chi connectivity index (χ1v) is 4.94. The van der Waals surface area contributed by atoms with Gasteiger partial charge in [0, 0.05) is 12.1 Å². The van der Waals surface area contributed by atoms with Crippen LogP contribution in [0.2, 0.25) is 0 Å². The standard InChI is InChI=1S/C12H17NO/c1-9(2)8-13-12(14)11-6-4-10(3)5-7-11/h4-7,9H,8H2,1-3H3,(H,13,14).